The highest BCUT2D eigenvalue weighted by atomic mass is 16.5. The summed E-state index contributed by atoms with van der Waals surface area (Å²) in [7, 11) is 6.59. The van der Waals surface area contributed by atoms with Gasteiger partial charge in [-0.3, -0.25) is 9.69 Å². The number of rotatable bonds is 5. The molecule has 2 heterocycles. The molecule has 7 heteroatoms. The Kier molecular flexibility index (Phi) is 5.44. The molecule has 2 atom stereocenters. The van der Waals surface area contributed by atoms with Gasteiger partial charge in [0.05, 0.1) is 34.5 Å². The maximum absolute atomic E-state index is 12.3. The van der Waals surface area contributed by atoms with E-state index in [0.29, 0.717) is 23.0 Å². The summed E-state index contributed by atoms with van der Waals surface area (Å²) >= 11 is 0. The predicted molar refractivity (Wildman–Crippen MR) is 128 cm³/mol. The third kappa shape index (κ3) is 3.33. The highest BCUT2D eigenvalue weighted by molar-refractivity contribution is 6.13. The van der Waals surface area contributed by atoms with Crippen molar-refractivity contribution in [2.75, 3.05) is 35.0 Å². The van der Waals surface area contributed by atoms with Gasteiger partial charge in [0.2, 0.25) is 5.91 Å². The van der Waals surface area contributed by atoms with E-state index in [1.807, 2.05) is 18.2 Å². The Balaban J connectivity index is 1.94. The standard InChI is InChI=1S/C26H30N2O5/c1-14(29)27-26-20-7-6-8-28(20)13-19-17-11-23(32-4)21(30-2)9-15(17)16-10-22(31-3)24(33-5)12-18(16)25(19)26/h9-12,20,26H,6-8,13H2,1-5H3,(H,27,29)/t20-,26+/m1/s1. The maximum Gasteiger partial charge on any atom is 0.217 e. The van der Waals surface area contributed by atoms with Gasteiger partial charge in [0, 0.05) is 19.5 Å². The van der Waals surface area contributed by atoms with E-state index in [1.165, 1.54) is 5.56 Å². The van der Waals surface area contributed by atoms with E-state index in [4.69, 9.17) is 18.9 Å². The zero-order chi connectivity index (χ0) is 23.3. The molecule has 5 rings (SSSR count). The SMILES string of the molecule is COc1cc2c3c(c4cc(OC)c(OC)cc4c2cc1OC)[C@@H](NC(C)=O)[C@H]1CCCN1C3. The minimum Gasteiger partial charge on any atom is -0.493 e. The van der Waals surface area contributed by atoms with Crippen LogP contribution in [0.4, 0.5) is 0 Å². The number of amides is 1. The van der Waals surface area contributed by atoms with Gasteiger partial charge < -0.3 is 24.3 Å². The molecular formula is C26H30N2O5. The number of nitrogens with one attached hydrogen (secondary N) is 1. The van der Waals surface area contributed by atoms with Crippen molar-refractivity contribution in [3.05, 3.63) is 35.4 Å². The molecule has 3 aromatic carbocycles. The summed E-state index contributed by atoms with van der Waals surface area (Å²) in [5.41, 5.74) is 2.37. The van der Waals surface area contributed by atoms with Crippen LogP contribution in [0.25, 0.3) is 21.5 Å². The van der Waals surface area contributed by atoms with E-state index in [2.05, 4.69) is 16.3 Å². The molecule has 0 aliphatic carbocycles. The molecule has 0 spiro atoms. The lowest BCUT2D eigenvalue weighted by Gasteiger charge is -2.40. The van der Waals surface area contributed by atoms with Crippen LogP contribution in [0.5, 0.6) is 23.0 Å². The average molecular weight is 451 g/mol. The van der Waals surface area contributed by atoms with Crippen molar-refractivity contribution < 1.29 is 23.7 Å². The van der Waals surface area contributed by atoms with Gasteiger partial charge >= 0.3 is 0 Å². The Morgan fingerprint density at radius 1 is 0.848 bits per heavy atom. The highest BCUT2D eigenvalue weighted by Crippen LogP contribution is 2.49. The van der Waals surface area contributed by atoms with Crippen molar-refractivity contribution in [3.63, 3.8) is 0 Å². The first-order valence-corrected chi connectivity index (χ1v) is 11.3. The fraction of sp³-hybridized carbons (Fsp3) is 0.423. The highest BCUT2D eigenvalue weighted by Gasteiger charge is 2.40. The van der Waals surface area contributed by atoms with E-state index in [1.54, 1.807) is 35.4 Å². The number of methoxy groups -OCH3 is 4. The number of hydrogen-bond donors (Lipinski definition) is 1. The van der Waals surface area contributed by atoms with Crippen LogP contribution in [0, 0.1) is 0 Å². The molecule has 1 amide bonds. The monoisotopic (exact) mass is 450 g/mol. The molecule has 0 saturated carbocycles. The molecule has 0 radical (unpaired) electrons. The van der Waals surface area contributed by atoms with Crippen LogP contribution in [-0.4, -0.2) is 51.8 Å². The van der Waals surface area contributed by atoms with Crippen LogP contribution >= 0.6 is 0 Å². The molecule has 0 aromatic heterocycles. The van der Waals surface area contributed by atoms with Gasteiger partial charge in [-0.1, -0.05) is 0 Å². The Morgan fingerprint density at radius 2 is 1.36 bits per heavy atom. The molecule has 1 fully saturated rings. The van der Waals surface area contributed by atoms with Crippen molar-refractivity contribution in [3.8, 4) is 23.0 Å². The van der Waals surface area contributed by atoms with Gasteiger partial charge in [0.1, 0.15) is 0 Å². The summed E-state index contributed by atoms with van der Waals surface area (Å²) in [6, 6.07) is 8.33. The van der Waals surface area contributed by atoms with Crippen LogP contribution in [0.1, 0.15) is 36.9 Å². The molecule has 2 aliphatic rings. The van der Waals surface area contributed by atoms with Gasteiger partial charge in [-0.05, 0) is 76.3 Å². The summed E-state index contributed by atoms with van der Waals surface area (Å²) in [4.78, 5) is 14.8. The Bertz CT molecular complexity index is 1260. The number of fused-ring (bicyclic) bond motifs is 7. The first-order chi connectivity index (χ1) is 16.0. The van der Waals surface area contributed by atoms with Gasteiger partial charge in [-0.2, -0.15) is 0 Å². The molecule has 2 aliphatic heterocycles. The minimum atomic E-state index is -0.105. The van der Waals surface area contributed by atoms with E-state index in [9.17, 15) is 4.79 Å². The Morgan fingerprint density at radius 3 is 1.91 bits per heavy atom. The zero-order valence-corrected chi connectivity index (χ0v) is 19.8. The van der Waals surface area contributed by atoms with Crippen molar-refractivity contribution in [1.29, 1.82) is 0 Å². The number of hydrogen-bond acceptors (Lipinski definition) is 6. The van der Waals surface area contributed by atoms with Gasteiger partial charge in [-0.15, -0.1) is 0 Å². The summed E-state index contributed by atoms with van der Waals surface area (Å²) in [6.07, 6.45) is 2.18. The van der Waals surface area contributed by atoms with Crippen molar-refractivity contribution >= 4 is 27.5 Å². The Labute approximate surface area is 193 Å². The molecular weight excluding hydrogens is 420 g/mol. The fourth-order valence-corrected chi connectivity index (χ4v) is 5.72. The lowest BCUT2D eigenvalue weighted by Crippen LogP contribution is -2.46. The van der Waals surface area contributed by atoms with Crippen molar-refractivity contribution in [1.82, 2.24) is 10.2 Å². The second-order valence-corrected chi connectivity index (χ2v) is 8.76. The van der Waals surface area contributed by atoms with Crippen LogP contribution in [0.3, 0.4) is 0 Å². The predicted octanol–water partition coefficient (Wildman–Crippen LogP) is 4.18. The molecule has 0 bridgehead atoms. The molecule has 1 N–H and O–H groups in total. The molecule has 3 aromatic rings. The number of nitrogens with zero attached hydrogens (tertiary/aromatic N) is 1. The molecule has 7 nitrogen and oxygen atoms in total. The lowest BCUT2D eigenvalue weighted by molar-refractivity contribution is -0.120. The Hall–Kier alpha value is -3.19. The van der Waals surface area contributed by atoms with E-state index in [-0.39, 0.29) is 18.0 Å². The largest absolute Gasteiger partial charge is 0.493 e. The maximum atomic E-state index is 12.3. The zero-order valence-electron chi connectivity index (χ0n) is 19.8. The summed E-state index contributed by atoms with van der Waals surface area (Å²) in [5.74, 6) is 2.67. The topological polar surface area (TPSA) is 69.3 Å². The van der Waals surface area contributed by atoms with Crippen molar-refractivity contribution in [2.45, 2.75) is 38.4 Å². The third-order valence-electron chi connectivity index (χ3n) is 7.11. The van der Waals surface area contributed by atoms with Gasteiger partial charge in [0.15, 0.2) is 23.0 Å². The van der Waals surface area contributed by atoms with Gasteiger partial charge in [0.25, 0.3) is 0 Å². The summed E-state index contributed by atoms with van der Waals surface area (Å²) in [5, 5.41) is 7.53. The fourth-order valence-electron chi connectivity index (χ4n) is 5.72. The first-order valence-electron chi connectivity index (χ1n) is 11.3. The number of ether oxygens (including phenoxy) is 4. The van der Waals surface area contributed by atoms with E-state index < -0.39 is 0 Å². The second-order valence-electron chi connectivity index (χ2n) is 8.76. The van der Waals surface area contributed by atoms with Crippen LogP contribution < -0.4 is 24.3 Å². The lowest BCUT2D eigenvalue weighted by atomic mass is 9.81. The number of carbonyl (C=O) groups is 1. The van der Waals surface area contributed by atoms with Crippen LogP contribution in [-0.2, 0) is 11.3 Å². The minimum absolute atomic E-state index is 0.0271. The normalized spacial score (nSPS) is 19.8. The molecule has 0 unspecified atom stereocenters. The second kappa shape index (κ2) is 8.30. The number of benzene rings is 3. The number of carbonyl (C=O) groups excluding carboxylic acids is 1. The average Bonchev–Trinajstić information content (AvgIpc) is 3.30. The molecule has 33 heavy (non-hydrogen) atoms. The van der Waals surface area contributed by atoms with E-state index >= 15 is 0 Å². The van der Waals surface area contributed by atoms with Crippen LogP contribution in [0.2, 0.25) is 0 Å². The summed E-state index contributed by atoms with van der Waals surface area (Å²) < 4.78 is 22.6. The molecule has 1 saturated heterocycles. The summed E-state index contributed by atoms with van der Waals surface area (Å²) in [6.45, 7) is 3.44. The molecule has 174 valence electrons. The first kappa shape index (κ1) is 21.6. The van der Waals surface area contributed by atoms with E-state index in [0.717, 1.165) is 53.0 Å². The van der Waals surface area contributed by atoms with Gasteiger partial charge in [-0.25, -0.2) is 0 Å². The third-order valence-corrected chi connectivity index (χ3v) is 7.11. The quantitative estimate of drug-likeness (QED) is 0.588. The smallest absolute Gasteiger partial charge is 0.217 e. The van der Waals surface area contributed by atoms with Crippen LogP contribution in [0.15, 0.2) is 24.3 Å². The van der Waals surface area contributed by atoms with Crippen molar-refractivity contribution in [2.24, 2.45) is 0 Å².